The molecule has 2 heterocycles. The third kappa shape index (κ3) is 13.8. The summed E-state index contributed by atoms with van der Waals surface area (Å²) in [5.41, 5.74) is 2.32. The molecule has 2 fully saturated rings. The van der Waals surface area contributed by atoms with Gasteiger partial charge in [0.05, 0.1) is 42.7 Å². The van der Waals surface area contributed by atoms with Gasteiger partial charge >= 0.3 is 0 Å². The number of ether oxygens (including phenoxy) is 3. The van der Waals surface area contributed by atoms with Crippen LogP contribution in [-0.2, 0) is 32.3 Å². The summed E-state index contributed by atoms with van der Waals surface area (Å²) >= 11 is 0. The van der Waals surface area contributed by atoms with Crippen molar-refractivity contribution in [2.24, 2.45) is 23.2 Å². The number of aldehydes is 1. The predicted molar refractivity (Wildman–Crippen MR) is 273 cm³/mol. The first kappa shape index (κ1) is 58.6. The Morgan fingerprint density at radius 3 is 1.89 bits per heavy atom. The lowest BCUT2D eigenvalue weighted by Crippen LogP contribution is -2.60. The molecule has 1 N–H and O–H groups in total. The van der Waals surface area contributed by atoms with Gasteiger partial charge in [0.25, 0.3) is 0 Å². The van der Waals surface area contributed by atoms with Gasteiger partial charge in [-0.2, -0.15) is 5.26 Å². The molecule has 0 aromatic rings. The molecule has 2 aliphatic rings. The molecule has 0 aliphatic carbocycles. The Morgan fingerprint density at radius 1 is 0.875 bits per heavy atom. The SMILES string of the molecule is CO[C@@H](C[C@H](O[Si](C)(C)C(C)(C)C)[C@H](C)[C@H](O[Si](C)(C)C(C)(C)C)[C@H](C)/C=C(C)/C(C)=C/C=C/C(C)=C\C#N)[C@H]1O[C@]2(C[C@@H](O[Si](C)(C)C(C)(C)C)[C@H](C)[C@H](CC=O)O2)C(C)(C)[C@H]1O. The summed E-state index contributed by atoms with van der Waals surface area (Å²) in [6.07, 6.45) is 8.49. The molecule has 2 saturated heterocycles. The van der Waals surface area contributed by atoms with Crippen LogP contribution in [0.25, 0.3) is 0 Å². The first-order chi connectivity index (χ1) is 28.9. The average molecular weight is 947 g/mol. The van der Waals surface area contributed by atoms with Crippen molar-refractivity contribution in [3.05, 3.63) is 47.1 Å². The number of methoxy groups -OCH3 is 1. The second kappa shape index (κ2) is 21.8. The maximum absolute atomic E-state index is 12.5. The number of hydrogen-bond acceptors (Lipinski definition) is 9. The molecule has 2 rings (SSSR count). The first-order valence-electron chi connectivity index (χ1n) is 24.0. The number of nitriles is 1. The van der Waals surface area contributed by atoms with Crippen LogP contribution in [0.1, 0.15) is 137 Å². The van der Waals surface area contributed by atoms with Crippen molar-refractivity contribution < 1.29 is 37.4 Å². The smallest absolute Gasteiger partial charge is 0.192 e. The van der Waals surface area contributed by atoms with Crippen molar-refractivity contribution in [1.29, 1.82) is 5.26 Å². The number of rotatable bonds is 19. The van der Waals surface area contributed by atoms with Gasteiger partial charge < -0.3 is 37.4 Å². The number of aliphatic hydroxyl groups is 1. The number of allylic oxidation sites excluding steroid dienone is 7. The van der Waals surface area contributed by atoms with Crippen molar-refractivity contribution in [3.8, 4) is 6.07 Å². The molecule has 9 nitrogen and oxygen atoms in total. The molecule has 368 valence electrons. The second-order valence-electron chi connectivity index (χ2n) is 24.6. The second-order valence-corrected chi connectivity index (χ2v) is 38.9. The fourth-order valence-electron chi connectivity index (χ4n) is 8.18. The summed E-state index contributed by atoms with van der Waals surface area (Å²) in [5.74, 6) is -1.34. The minimum Gasteiger partial charge on any atom is -0.413 e. The highest BCUT2D eigenvalue weighted by atomic mass is 28.4. The molecule has 0 saturated carbocycles. The molecule has 0 unspecified atom stereocenters. The summed E-state index contributed by atoms with van der Waals surface area (Å²) in [7, 11) is -5.26. The molecule has 2 aliphatic heterocycles. The van der Waals surface area contributed by atoms with Crippen LogP contribution in [-0.4, -0.2) is 92.0 Å². The topological polar surface area (TPSA) is 116 Å². The van der Waals surface area contributed by atoms with E-state index in [1.807, 2.05) is 32.9 Å². The van der Waals surface area contributed by atoms with Crippen LogP contribution >= 0.6 is 0 Å². The van der Waals surface area contributed by atoms with Crippen LogP contribution in [0.2, 0.25) is 54.4 Å². The fraction of sp³-hybridized carbons (Fsp3) is 0.808. The van der Waals surface area contributed by atoms with Gasteiger partial charge in [-0.25, -0.2) is 0 Å². The normalized spacial score (nSPS) is 28.2. The Labute approximate surface area is 395 Å². The van der Waals surface area contributed by atoms with Crippen molar-refractivity contribution in [2.75, 3.05) is 7.11 Å². The first-order valence-corrected chi connectivity index (χ1v) is 32.7. The van der Waals surface area contributed by atoms with Crippen molar-refractivity contribution >= 4 is 31.2 Å². The third-order valence-corrected chi connectivity index (χ3v) is 29.8. The van der Waals surface area contributed by atoms with E-state index in [0.717, 1.165) is 23.0 Å². The van der Waals surface area contributed by atoms with Crippen LogP contribution in [0, 0.1) is 34.5 Å². The highest BCUT2D eigenvalue weighted by molar-refractivity contribution is 6.75. The van der Waals surface area contributed by atoms with Crippen LogP contribution in [0.4, 0.5) is 0 Å². The Bertz CT molecular complexity index is 1720. The standard InChI is InChI=1S/C52H95NO8Si3/c1-35(28-30-53)26-25-27-36(2)37(3)32-38(4)45(61-64(23,24)50(13,14)15)40(6)42(59-62(19,20)48(7,8)9)33-43(56-18)46-47(55)51(16,17)52(58-46)34-44(39(5)41(57-52)29-31-54)60-63(21,22)49(10,11)12/h25-28,31-32,38-47,55H,29,33-34H2,1-24H3/b26-25+,35-28-,36-27+,37-32+/t38-,39-,40+,41+,42+,43+,44-,45-,46-,47+,52-/m1/s1. The van der Waals surface area contributed by atoms with E-state index in [4.69, 9.17) is 32.8 Å². The monoisotopic (exact) mass is 946 g/mol. The van der Waals surface area contributed by atoms with E-state index in [9.17, 15) is 9.90 Å². The lowest BCUT2D eigenvalue weighted by atomic mass is 9.72. The third-order valence-electron chi connectivity index (χ3n) is 16.3. The molecular formula is C52H95NO8Si3. The molecule has 11 atom stereocenters. The maximum atomic E-state index is 12.5. The Balaban J connectivity index is 2.77. The van der Waals surface area contributed by atoms with Crippen LogP contribution in [0.15, 0.2) is 47.1 Å². The number of aliphatic hydroxyl groups excluding tert-OH is 1. The molecule has 0 aromatic heterocycles. The van der Waals surface area contributed by atoms with Gasteiger partial charge in [-0.1, -0.05) is 127 Å². The zero-order valence-electron chi connectivity index (χ0n) is 45.1. The molecule has 0 amide bonds. The minimum absolute atomic E-state index is 0.0175. The van der Waals surface area contributed by atoms with Crippen LogP contribution < -0.4 is 0 Å². The number of carbonyl (C=O) groups is 1. The van der Waals surface area contributed by atoms with Gasteiger partial charge in [0.1, 0.15) is 12.4 Å². The molecule has 0 aromatic carbocycles. The summed E-state index contributed by atoms with van der Waals surface area (Å²) in [5, 5.41) is 21.4. The predicted octanol–water partition coefficient (Wildman–Crippen LogP) is 13.2. The van der Waals surface area contributed by atoms with E-state index in [2.05, 4.69) is 154 Å². The Kier molecular flexibility index (Phi) is 20.0. The van der Waals surface area contributed by atoms with Gasteiger partial charge in [0, 0.05) is 49.7 Å². The lowest BCUT2D eigenvalue weighted by Gasteiger charge is -2.53. The van der Waals surface area contributed by atoms with E-state index < -0.39 is 60.6 Å². The molecule has 0 radical (unpaired) electrons. The zero-order valence-corrected chi connectivity index (χ0v) is 48.1. The highest BCUT2D eigenvalue weighted by Gasteiger charge is 2.67. The zero-order chi connectivity index (χ0) is 49.8. The van der Waals surface area contributed by atoms with Gasteiger partial charge in [0.15, 0.2) is 30.7 Å². The van der Waals surface area contributed by atoms with Crippen LogP contribution in [0.3, 0.4) is 0 Å². The molecule has 0 bridgehead atoms. The Hall–Kier alpha value is -1.51. The summed E-state index contributed by atoms with van der Waals surface area (Å²) in [6.45, 7) is 51.0. The van der Waals surface area contributed by atoms with E-state index in [-0.39, 0.29) is 57.6 Å². The van der Waals surface area contributed by atoms with E-state index >= 15 is 0 Å². The van der Waals surface area contributed by atoms with Crippen molar-refractivity contribution in [1.82, 2.24) is 0 Å². The van der Waals surface area contributed by atoms with Crippen molar-refractivity contribution in [3.63, 3.8) is 0 Å². The molecule has 64 heavy (non-hydrogen) atoms. The van der Waals surface area contributed by atoms with E-state index in [1.165, 1.54) is 0 Å². The Morgan fingerprint density at radius 2 is 1.41 bits per heavy atom. The molecular weight excluding hydrogens is 851 g/mol. The van der Waals surface area contributed by atoms with Crippen molar-refractivity contribution in [2.45, 2.75) is 240 Å². The highest BCUT2D eigenvalue weighted by Crippen LogP contribution is 2.56. The summed E-state index contributed by atoms with van der Waals surface area (Å²) in [4.78, 5) is 12.1. The van der Waals surface area contributed by atoms with Crippen LogP contribution in [0.5, 0.6) is 0 Å². The number of carbonyl (C=O) groups excluding carboxylic acids is 1. The van der Waals surface area contributed by atoms with E-state index in [1.54, 1.807) is 13.2 Å². The lowest BCUT2D eigenvalue weighted by molar-refractivity contribution is -0.333. The summed E-state index contributed by atoms with van der Waals surface area (Å²) in [6, 6.07) is 2.10. The minimum atomic E-state index is -2.39. The molecule has 12 heteroatoms. The van der Waals surface area contributed by atoms with Gasteiger partial charge in [-0.05, 0) is 92.2 Å². The molecule has 1 spiro atoms. The van der Waals surface area contributed by atoms with Gasteiger partial charge in [-0.15, -0.1) is 0 Å². The average Bonchev–Trinajstić information content (AvgIpc) is 3.32. The van der Waals surface area contributed by atoms with Gasteiger partial charge in [-0.3, -0.25) is 0 Å². The van der Waals surface area contributed by atoms with Gasteiger partial charge in [0.2, 0.25) is 0 Å². The summed E-state index contributed by atoms with van der Waals surface area (Å²) < 4.78 is 42.8. The van der Waals surface area contributed by atoms with E-state index in [0.29, 0.717) is 12.8 Å². The number of hydrogen-bond donors (Lipinski definition) is 1. The fourth-order valence-corrected chi connectivity index (χ4v) is 12.5. The quantitative estimate of drug-likeness (QED) is 0.0585. The maximum Gasteiger partial charge on any atom is 0.192 e. The number of nitrogens with zero attached hydrogens (tertiary/aromatic N) is 1. The largest absolute Gasteiger partial charge is 0.413 e.